The van der Waals surface area contributed by atoms with Crippen LogP contribution in [0.1, 0.15) is 6.92 Å². The number of hydrogen-bond donors (Lipinski definition) is 2. The number of benzene rings is 1. The van der Waals surface area contributed by atoms with Crippen molar-refractivity contribution in [2.24, 2.45) is 0 Å². The number of tetrazole rings is 1. The van der Waals surface area contributed by atoms with Gasteiger partial charge >= 0.3 is 0 Å². The molecule has 0 fully saturated rings. The minimum Gasteiger partial charge on any atom is -0.353 e. The smallest absolute Gasteiger partial charge is 0.243 e. The van der Waals surface area contributed by atoms with E-state index in [4.69, 9.17) is 11.6 Å². The number of hydrogen-bond acceptors (Lipinski definition) is 5. The lowest BCUT2D eigenvalue weighted by molar-refractivity contribution is -0.122. The van der Waals surface area contributed by atoms with Crippen molar-refractivity contribution >= 4 is 17.5 Å². The van der Waals surface area contributed by atoms with Crippen LogP contribution in [0, 0.1) is 0 Å². The maximum absolute atomic E-state index is 11.7. The molecule has 0 aliphatic rings. The third kappa shape index (κ3) is 4.80. The van der Waals surface area contributed by atoms with Gasteiger partial charge in [0.1, 0.15) is 6.54 Å². The van der Waals surface area contributed by atoms with Crippen molar-refractivity contribution in [3.05, 3.63) is 29.3 Å². The molecular weight excluding hydrogens is 292 g/mol. The van der Waals surface area contributed by atoms with Crippen LogP contribution in [0.4, 0.5) is 0 Å². The van der Waals surface area contributed by atoms with Crippen LogP contribution >= 0.6 is 11.6 Å². The van der Waals surface area contributed by atoms with Gasteiger partial charge in [0.2, 0.25) is 11.7 Å². The fourth-order valence-electron chi connectivity index (χ4n) is 1.68. The Kier molecular flexibility index (Phi) is 5.65. The number of amides is 1. The highest BCUT2D eigenvalue weighted by atomic mass is 35.5. The summed E-state index contributed by atoms with van der Waals surface area (Å²) in [5.41, 5.74) is 0.804. The molecule has 0 aliphatic carbocycles. The standard InChI is InChI=1S/C13H17ClN6O/c1-2-15-7-8-16-12(21)9-20-18-13(17-19-20)10-3-5-11(14)6-4-10/h3-6,15H,2,7-9H2,1H3,(H,16,21). The molecule has 1 heterocycles. The zero-order valence-electron chi connectivity index (χ0n) is 11.7. The van der Waals surface area contributed by atoms with Gasteiger partial charge < -0.3 is 10.6 Å². The number of nitrogens with zero attached hydrogens (tertiary/aromatic N) is 4. The van der Waals surface area contributed by atoms with E-state index in [1.165, 1.54) is 4.80 Å². The van der Waals surface area contributed by atoms with Crippen LogP contribution in [0.15, 0.2) is 24.3 Å². The summed E-state index contributed by atoms with van der Waals surface area (Å²) in [6.45, 7) is 4.26. The largest absolute Gasteiger partial charge is 0.353 e. The van der Waals surface area contributed by atoms with Crippen LogP contribution in [0.25, 0.3) is 11.4 Å². The summed E-state index contributed by atoms with van der Waals surface area (Å²) in [5, 5.41) is 18.5. The normalized spacial score (nSPS) is 10.6. The minimum absolute atomic E-state index is 0.0483. The molecule has 2 rings (SSSR count). The summed E-state index contributed by atoms with van der Waals surface area (Å²) < 4.78 is 0. The topological polar surface area (TPSA) is 84.7 Å². The number of likely N-dealkylation sites (N-methyl/N-ethyl adjacent to an activating group) is 1. The lowest BCUT2D eigenvalue weighted by Crippen LogP contribution is -2.34. The van der Waals surface area contributed by atoms with Gasteiger partial charge in [0.25, 0.3) is 0 Å². The van der Waals surface area contributed by atoms with E-state index < -0.39 is 0 Å². The molecule has 1 aromatic heterocycles. The highest BCUT2D eigenvalue weighted by Gasteiger charge is 2.08. The molecule has 7 nitrogen and oxygen atoms in total. The molecule has 0 spiro atoms. The number of rotatable bonds is 7. The van der Waals surface area contributed by atoms with Crippen LogP contribution in [-0.4, -0.2) is 45.7 Å². The monoisotopic (exact) mass is 308 g/mol. The number of carbonyl (C=O) groups is 1. The first-order chi connectivity index (χ1) is 10.2. The van der Waals surface area contributed by atoms with Crippen LogP contribution < -0.4 is 10.6 Å². The van der Waals surface area contributed by atoms with Crippen molar-refractivity contribution in [2.75, 3.05) is 19.6 Å². The molecular formula is C13H17ClN6O. The van der Waals surface area contributed by atoms with Crippen molar-refractivity contribution in [3.63, 3.8) is 0 Å². The fourth-order valence-corrected chi connectivity index (χ4v) is 1.80. The highest BCUT2D eigenvalue weighted by molar-refractivity contribution is 6.30. The predicted molar refractivity (Wildman–Crippen MR) is 79.8 cm³/mol. The maximum atomic E-state index is 11.7. The van der Waals surface area contributed by atoms with Gasteiger partial charge in [-0.05, 0) is 36.0 Å². The van der Waals surface area contributed by atoms with E-state index in [9.17, 15) is 4.79 Å². The molecule has 1 amide bonds. The Hall–Kier alpha value is -1.99. The Morgan fingerprint density at radius 3 is 2.76 bits per heavy atom. The van der Waals surface area contributed by atoms with Crippen molar-refractivity contribution < 1.29 is 4.79 Å². The first kappa shape index (κ1) is 15.4. The molecule has 1 aromatic carbocycles. The first-order valence-electron chi connectivity index (χ1n) is 6.70. The highest BCUT2D eigenvalue weighted by Crippen LogP contribution is 2.16. The summed E-state index contributed by atoms with van der Waals surface area (Å²) in [4.78, 5) is 13.0. The van der Waals surface area contributed by atoms with Crippen LogP contribution in [0.5, 0.6) is 0 Å². The first-order valence-corrected chi connectivity index (χ1v) is 7.08. The van der Waals surface area contributed by atoms with E-state index in [2.05, 4.69) is 26.0 Å². The zero-order valence-corrected chi connectivity index (χ0v) is 12.5. The second-order valence-corrected chi connectivity index (χ2v) is 4.79. The van der Waals surface area contributed by atoms with E-state index in [-0.39, 0.29) is 12.5 Å². The molecule has 0 unspecified atom stereocenters. The number of nitrogens with one attached hydrogen (secondary N) is 2. The van der Waals surface area contributed by atoms with Gasteiger partial charge in [-0.25, -0.2) is 0 Å². The third-order valence-electron chi connectivity index (χ3n) is 2.71. The number of halogens is 1. The van der Waals surface area contributed by atoms with Gasteiger partial charge in [0.15, 0.2) is 0 Å². The molecule has 8 heteroatoms. The summed E-state index contributed by atoms with van der Waals surface area (Å²) >= 11 is 5.82. The van der Waals surface area contributed by atoms with E-state index in [0.29, 0.717) is 17.4 Å². The van der Waals surface area contributed by atoms with Crippen molar-refractivity contribution in [2.45, 2.75) is 13.5 Å². The Morgan fingerprint density at radius 1 is 1.29 bits per heavy atom. The van der Waals surface area contributed by atoms with Crippen LogP contribution in [0.2, 0.25) is 5.02 Å². The summed E-state index contributed by atoms with van der Waals surface area (Å²) in [6, 6.07) is 7.12. The SMILES string of the molecule is CCNCCNC(=O)Cn1nnc(-c2ccc(Cl)cc2)n1. The predicted octanol–water partition coefficient (Wildman–Crippen LogP) is 0.719. The summed E-state index contributed by atoms with van der Waals surface area (Å²) in [6.07, 6.45) is 0. The molecule has 21 heavy (non-hydrogen) atoms. The minimum atomic E-state index is -0.145. The third-order valence-corrected chi connectivity index (χ3v) is 2.97. The number of carbonyl (C=O) groups excluding carboxylic acids is 1. The van der Waals surface area contributed by atoms with Crippen molar-refractivity contribution in [1.82, 2.24) is 30.8 Å². The van der Waals surface area contributed by atoms with Gasteiger partial charge in [-0.15, -0.1) is 10.2 Å². The Balaban J connectivity index is 1.88. The van der Waals surface area contributed by atoms with Crippen LogP contribution in [-0.2, 0) is 11.3 Å². The Morgan fingerprint density at radius 2 is 2.05 bits per heavy atom. The fraction of sp³-hybridized carbons (Fsp3) is 0.385. The molecule has 0 aliphatic heterocycles. The summed E-state index contributed by atoms with van der Waals surface area (Å²) in [5.74, 6) is 0.320. The molecule has 0 saturated heterocycles. The number of aromatic nitrogens is 4. The lowest BCUT2D eigenvalue weighted by Gasteiger charge is -2.04. The van der Waals surface area contributed by atoms with Gasteiger partial charge in [-0.2, -0.15) is 4.80 Å². The molecule has 0 bridgehead atoms. The second-order valence-electron chi connectivity index (χ2n) is 4.35. The van der Waals surface area contributed by atoms with Gasteiger partial charge in [-0.1, -0.05) is 18.5 Å². The second kappa shape index (κ2) is 7.70. The van der Waals surface area contributed by atoms with E-state index >= 15 is 0 Å². The molecule has 0 radical (unpaired) electrons. The summed E-state index contributed by atoms with van der Waals surface area (Å²) in [7, 11) is 0. The lowest BCUT2D eigenvalue weighted by atomic mass is 10.2. The zero-order chi connectivity index (χ0) is 15.1. The van der Waals surface area contributed by atoms with E-state index in [0.717, 1.165) is 18.7 Å². The van der Waals surface area contributed by atoms with Crippen molar-refractivity contribution in [1.29, 1.82) is 0 Å². The molecule has 0 atom stereocenters. The maximum Gasteiger partial charge on any atom is 0.243 e. The van der Waals surface area contributed by atoms with Crippen LogP contribution in [0.3, 0.4) is 0 Å². The van der Waals surface area contributed by atoms with Gasteiger partial charge in [0, 0.05) is 23.7 Å². The van der Waals surface area contributed by atoms with E-state index in [1.54, 1.807) is 24.3 Å². The quantitative estimate of drug-likeness (QED) is 0.736. The molecule has 2 N–H and O–H groups in total. The average Bonchev–Trinajstić information content (AvgIpc) is 2.93. The Labute approximate surface area is 127 Å². The average molecular weight is 309 g/mol. The van der Waals surface area contributed by atoms with Gasteiger partial charge in [-0.3, -0.25) is 4.79 Å². The van der Waals surface area contributed by atoms with E-state index in [1.807, 2.05) is 6.92 Å². The molecule has 0 saturated carbocycles. The molecule has 112 valence electrons. The van der Waals surface area contributed by atoms with Gasteiger partial charge in [0.05, 0.1) is 0 Å². The Bertz CT molecular complexity index is 583. The molecule has 2 aromatic rings. The van der Waals surface area contributed by atoms with Crippen molar-refractivity contribution in [3.8, 4) is 11.4 Å².